The second-order valence-electron chi connectivity index (χ2n) is 8.99. The van der Waals surface area contributed by atoms with Gasteiger partial charge >= 0.3 is 5.97 Å². The van der Waals surface area contributed by atoms with Crippen molar-refractivity contribution in [2.45, 2.75) is 66.2 Å². The molecule has 0 aliphatic rings. The number of carbonyl (C=O) groups excluding carboxylic acids is 2. The number of esters is 1. The predicted octanol–water partition coefficient (Wildman–Crippen LogP) is 7.42. The van der Waals surface area contributed by atoms with Crippen molar-refractivity contribution in [3.63, 3.8) is 0 Å². The molecule has 0 amide bonds. The van der Waals surface area contributed by atoms with Gasteiger partial charge in [-0.05, 0) is 57.2 Å². The molecule has 8 nitrogen and oxygen atoms in total. The molecule has 0 N–H and O–H groups in total. The first-order valence-electron chi connectivity index (χ1n) is 14.3. The number of unbranched alkanes of at least 4 members (excludes halogenated alkanes) is 1. The van der Waals surface area contributed by atoms with Crippen LogP contribution in [0.2, 0.25) is 0 Å². The number of benzene rings is 2. The third-order valence-corrected chi connectivity index (χ3v) is 5.52. The van der Waals surface area contributed by atoms with Crippen LogP contribution in [0.4, 0.5) is 0 Å². The number of para-hydroxylation sites is 1. The molecule has 0 unspecified atom stereocenters. The zero-order valence-corrected chi connectivity index (χ0v) is 24.4. The Bertz CT molecular complexity index is 1120. The fourth-order valence-corrected chi connectivity index (χ4v) is 3.71. The Balaban J connectivity index is 0.000000708. The summed E-state index contributed by atoms with van der Waals surface area (Å²) in [6.45, 7) is 11.3. The van der Waals surface area contributed by atoms with E-state index in [0.29, 0.717) is 42.3 Å². The molecular formula is C32H44O8. The van der Waals surface area contributed by atoms with Crippen molar-refractivity contribution in [2.24, 2.45) is 0 Å². The lowest BCUT2D eigenvalue weighted by Crippen LogP contribution is -2.15. The van der Waals surface area contributed by atoms with Gasteiger partial charge in [0.1, 0.15) is 34.8 Å². The van der Waals surface area contributed by atoms with Crippen molar-refractivity contribution in [1.82, 2.24) is 0 Å². The largest absolute Gasteiger partial charge is 0.494 e. The maximum atomic E-state index is 13.1. The molecule has 40 heavy (non-hydrogen) atoms. The van der Waals surface area contributed by atoms with Gasteiger partial charge in [-0.3, -0.25) is 9.59 Å². The second-order valence-corrected chi connectivity index (χ2v) is 8.99. The lowest BCUT2D eigenvalue weighted by atomic mass is 10.0. The summed E-state index contributed by atoms with van der Waals surface area (Å²) in [7, 11) is 0. The molecule has 1 heterocycles. The average Bonchev–Trinajstić information content (AvgIpc) is 3.43. The summed E-state index contributed by atoms with van der Waals surface area (Å²) in [5.41, 5.74) is 0.794. The average molecular weight is 557 g/mol. The number of Topliss-reactive ketones (excluding diaryl/α,β-unsaturated/α-hetero) is 1. The van der Waals surface area contributed by atoms with Crippen LogP contribution in [-0.4, -0.2) is 51.4 Å². The van der Waals surface area contributed by atoms with E-state index in [4.69, 9.17) is 28.1 Å². The lowest BCUT2D eigenvalue weighted by Gasteiger charge is -2.16. The highest BCUT2D eigenvalue weighted by Gasteiger charge is 2.26. The van der Waals surface area contributed by atoms with Gasteiger partial charge in [0.05, 0.1) is 38.1 Å². The number of rotatable bonds is 18. The molecule has 0 saturated carbocycles. The predicted molar refractivity (Wildman–Crippen MR) is 156 cm³/mol. The maximum absolute atomic E-state index is 13.1. The highest BCUT2D eigenvalue weighted by atomic mass is 16.5. The smallest absolute Gasteiger partial charge is 0.313 e. The first-order chi connectivity index (χ1) is 19.5. The summed E-state index contributed by atoms with van der Waals surface area (Å²) in [6.07, 6.45) is 5.69. The van der Waals surface area contributed by atoms with Gasteiger partial charge in [0, 0.05) is 19.3 Å². The summed E-state index contributed by atoms with van der Waals surface area (Å²) < 4.78 is 33.2. The van der Waals surface area contributed by atoms with Crippen LogP contribution in [0, 0.1) is 0 Å². The van der Waals surface area contributed by atoms with Crippen molar-refractivity contribution >= 4 is 22.7 Å². The first kappa shape index (κ1) is 32.7. The van der Waals surface area contributed by atoms with E-state index in [-0.39, 0.29) is 18.6 Å². The number of furan rings is 1. The minimum atomic E-state index is -0.583. The minimum absolute atomic E-state index is 0.209. The molecule has 0 spiro atoms. The molecule has 3 rings (SSSR count). The molecule has 0 fully saturated rings. The van der Waals surface area contributed by atoms with Crippen LogP contribution in [-0.2, 0) is 14.3 Å². The van der Waals surface area contributed by atoms with Gasteiger partial charge in [-0.25, -0.2) is 0 Å². The Hall–Kier alpha value is -3.52. The van der Waals surface area contributed by atoms with Crippen LogP contribution in [0.5, 0.6) is 17.2 Å². The van der Waals surface area contributed by atoms with Crippen molar-refractivity contribution in [3.8, 4) is 17.2 Å². The zero-order valence-electron chi connectivity index (χ0n) is 24.4. The maximum Gasteiger partial charge on any atom is 0.313 e. The van der Waals surface area contributed by atoms with E-state index >= 15 is 0 Å². The van der Waals surface area contributed by atoms with Crippen LogP contribution in [0.15, 0.2) is 53.1 Å². The fraction of sp³-hybridized carbons (Fsp3) is 0.500. The van der Waals surface area contributed by atoms with E-state index in [1.54, 1.807) is 19.1 Å². The number of hydrogen-bond donors (Lipinski definition) is 0. The molecule has 0 aliphatic heterocycles. The van der Waals surface area contributed by atoms with Gasteiger partial charge in [-0.2, -0.15) is 0 Å². The standard InChI is InChI=1S/C26H30O7.C6H14O/c1-3-13-31-23-18-22-20(12-16-32-22)26(25(23)21(27)17-24(28)29-4-2)33-15-9-8-14-30-19-10-6-5-7-11-19;1-3-5-7-6-4-2/h5-7,10-12,16,18H,3-4,8-9,13-15,17H2,1-2H3;3-6H2,1-2H3. The van der Waals surface area contributed by atoms with Gasteiger partial charge in [0.25, 0.3) is 0 Å². The topological polar surface area (TPSA) is 93.4 Å². The monoisotopic (exact) mass is 556 g/mol. The Kier molecular flexibility index (Phi) is 16.0. The second kappa shape index (κ2) is 19.5. The Morgan fingerprint density at radius 3 is 2.10 bits per heavy atom. The molecule has 220 valence electrons. The number of ketones is 1. The number of ether oxygens (including phenoxy) is 5. The molecule has 2 aromatic carbocycles. The normalized spacial score (nSPS) is 10.5. The molecule has 8 heteroatoms. The van der Waals surface area contributed by atoms with Gasteiger partial charge in [0.2, 0.25) is 0 Å². The van der Waals surface area contributed by atoms with Crippen molar-refractivity contribution < 1.29 is 37.7 Å². The van der Waals surface area contributed by atoms with Crippen LogP contribution >= 0.6 is 0 Å². The summed E-state index contributed by atoms with van der Waals surface area (Å²) in [5.74, 6) is 0.540. The summed E-state index contributed by atoms with van der Waals surface area (Å²) in [4.78, 5) is 25.1. The number of fused-ring (bicyclic) bond motifs is 1. The van der Waals surface area contributed by atoms with Crippen molar-refractivity contribution in [3.05, 3.63) is 54.3 Å². The third-order valence-electron chi connectivity index (χ3n) is 5.52. The number of hydrogen-bond acceptors (Lipinski definition) is 8. The Labute approximate surface area is 237 Å². The Morgan fingerprint density at radius 2 is 1.45 bits per heavy atom. The van der Waals surface area contributed by atoms with E-state index in [9.17, 15) is 9.59 Å². The lowest BCUT2D eigenvalue weighted by molar-refractivity contribution is -0.141. The molecule has 0 saturated heterocycles. The van der Waals surface area contributed by atoms with E-state index in [2.05, 4.69) is 13.8 Å². The summed E-state index contributed by atoms with van der Waals surface area (Å²) in [6, 6.07) is 13.0. The van der Waals surface area contributed by atoms with Crippen LogP contribution in [0.1, 0.15) is 76.6 Å². The van der Waals surface area contributed by atoms with E-state index in [0.717, 1.165) is 51.1 Å². The summed E-state index contributed by atoms with van der Waals surface area (Å²) >= 11 is 0. The SMILES string of the molecule is CCCOCCC.CCCOc1cc2occc2c(OCCCCOc2ccccc2)c1C(=O)CC(=O)OCC. The van der Waals surface area contributed by atoms with Crippen molar-refractivity contribution in [2.75, 3.05) is 39.6 Å². The molecule has 1 aromatic heterocycles. The number of carbonyl (C=O) groups is 2. The van der Waals surface area contributed by atoms with Gasteiger partial charge in [-0.15, -0.1) is 0 Å². The van der Waals surface area contributed by atoms with E-state index < -0.39 is 11.8 Å². The quantitative estimate of drug-likeness (QED) is 0.0692. The molecule has 0 aliphatic carbocycles. The minimum Gasteiger partial charge on any atom is -0.494 e. The highest BCUT2D eigenvalue weighted by molar-refractivity contribution is 6.12. The van der Waals surface area contributed by atoms with E-state index in [1.807, 2.05) is 37.3 Å². The molecule has 0 bridgehead atoms. The van der Waals surface area contributed by atoms with Crippen LogP contribution in [0.3, 0.4) is 0 Å². The van der Waals surface area contributed by atoms with Gasteiger partial charge in [-0.1, -0.05) is 39.0 Å². The van der Waals surface area contributed by atoms with Crippen LogP contribution in [0.25, 0.3) is 11.0 Å². The van der Waals surface area contributed by atoms with Gasteiger partial charge in [0.15, 0.2) is 5.78 Å². The van der Waals surface area contributed by atoms with Crippen molar-refractivity contribution in [1.29, 1.82) is 0 Å². The first-order valence-corrected chi connectivity index (χ1v) is 14.3. The molecule has 0 atom stereocenters. The van der Waals surface area contributed by atoms with E-state index in [1.165, 1.54) is 6.26 Å². The zero-order chi connectivity index (χ0) is 29.0. The third kappa shape index (κ3) is 11.3. The molecular weight excluding hydrogens is 512 g/mol. The molecule has 0 radical (unpaired) electrons. The fourth-order valence-electron chi connectivity index (χ4n) is 3.71. The summed E-state index contributed by atoms with van der Waals surface area (Å²) in [5, 5.41) is 0.659. The van der Waals surface area contributed by atoms with Gasteiger partial charge < -0.3 is 28.1 Å². The molecule has 3 aromatic rings. The van der Waals surface area contributed by atoms with Crippen LogP contribution < -0.4 is 14.2 Å². The highest BCUT2D eigenvalue weighted by Crippen LogP contribution is 2.39. The Morgan fingerprint density at radius 1 is 0.775 bits per heavy atom.